The second-order valence-corrected chi connectivity index (χ2v) is 6.26. The lowest BCUT2D eigenvalue weighted by molar-refractivity contribution is -0.144. The molecule has 5 nitrogen and oxygen atoms in total. The summed E-state index contributed by atoms with van der Waals surface area (Å²) < 4.78 is 5.23. The van der Waals surface area contributed by atoms with Gasteiger partial charge in [0.1, 0.15) is 11.3 Å². The highest BCUT2D eigenvalue weighted by molar-refractivity contribution is 5.84. The van der Waals surface area contributed by atoms with Crippen molar-refractivity contribution in [3.63, 3.8) is 0 Å². The maximum Gasteiger partial charge on any atom is 0.343 e. The number of rotatable bonds is 4. The van der Waals surface area contributed by atoms with Gasteiger partial charge in [-0.25, -0.2) is 4.79 Å². The van der Waals surface area contributed by atoms with Crippen LogP contribution in [-0.2, 0) is 11.2 Å². The van der Waals surface area contributed by atoms with Gasteiger partial charge in [0.05, 0.1) is 16.9 Å². The average Bonchev–Trinajstić information content (AvgIpc) is 2.55. The van der Waals surface area contributed by atoms with Crippen molar-refractivity contribution in [1.82, 2.24) is 0 Å². The van der Waals surface area contributed by atoms with Crippen LogP contribution in [0.3, 0.4) is 0 Å². The highest BCUT2D eigenvalue weighted by atomic mass is 16.4. The number of hydrogen-bond donors (Lipinski definition) is 2. The molecule has 1 fully saturated rings. The van der Waals surface area contributed by atoms with E-state index in [4.69, 9.17) is 4.42 Å². The topological polar surface area (TPSA) is 87.7 Å². The Bertz CT molecular complexity index is 771. The molecule has 1 aliphatic rings. The molecule has 0 bridgehead atoms. The molecule has 0 saturated heterocycles. The monoisotopic (exact) mass is 316 g/mol. The zero-order valence-electron chi connectivity index (χ0n) is 12.8. The molecule has 1 saturated carbocycles. The quantitative estimate of drug-likeness (QED) is 0.845. The summed E-state index contributed by atoms with van der Waals surface area (Å²) in [7, 11) is 0. The van der Waals surface area contributed by atoms with E-state index in [0.717, 1.165) is 32.1 Å². The summed E-state index contributed by atoms with van der Waals surface area (Å²) >= 11 is 0. The number of aromatic hydroxyl groups is 1. The van der Waals surface area contributed by atoms with Crippen LogP contribution < -0.4 is 5.63 Å². The molecule has 1 unspecified atom stereocenters. The number of carbonyl (C=O) groups is 1. The first-order valence-corrected chi connectivity index (χ1v) is 8.04. The summed E-state index contributed by atoms with van der Waals surface area (Å²) in [5.41, 5.74) is -0.270. The molecule has 122 valence electrons. The minimum Gasteiger partial charge on any atom is -0.507 e. The number of benzene rings is 1. The van der Waals surface area contributed by atoms with Crippen LogP contribution in [0.4, 0.5) is 0 Å². The number of para-hydroxylation sites is 1. The van der Waals surface area contributed by atoms with Crippen molar-refractivity contribution in [3.8, 4) is 5.75 Å². The Labute approximate surface area is 133 Å². The minimum atomic E-state index is -0.913. The molecule has 2 aromatic rings. The molecule has 3 rings (SSSR count). The van der Waals surface area contributed by atoms with E-state index in [-0.39, 0.29) is 23.7 Å². The molecule has 1 aliphatic carbocycles. The van der Waals surface area contributed by atoms with Crippen molar-refractivity contribution in [2.24, 2.45) is 11.8 Å². The first kappa shape index (κ1) is 15.6. The minimum absolute atomic E-state index is 0.0129. The molecule has 1 heterocycles. The zero-order valence-corrected chi connectivity index (χ0v) is 12.8. The Morgan fingerprint density at radius 1 is 1.22 bits per heavy atom. The highest BCUT2D eigenvalue weighted by Gasteiger charge is 2.31. The van der Waals surface area contributed by atoms with Gasteiger partial charge in [0.2, 0.25) is 0 Å². The first-order chi connectivity index (χ1) is 11.1. The molecule has 0 spiro atoms. The van der Waals surface area contributed by atoms with Crippen LogP contribution in [0.15, 0.2) is 33.5 Å². The van der Waals surface area contributed by atoms with Gasteiger partial charge in [-0.2, -0.15) is 0 Å². The van der Waals surface area contributed by atoms with E-state index >= 15 is 0 Å². The van der Waals surface area contributed by atoms with Gasteiger partial charge in [0.15, 0.2) is 0 Å². The molecule has 1 aromatic carbocycles. The van der Waals surface area contributed by atoms with Crippen molar-refractivity contribution in [3.05, 3.63) is 40.2 Å². The summed E-state index contributed by atoms with van der Waals surface area (Å²) in [6.07, 6.45) is 4.90. The van der Waals surface area contributed by atoms with Gasteiger partial charge in [-0.3, -0.25) is 4.79 Å². The fourth-order valence-corrected chi connectivity index (χ4v) is 3.56. The second-order valence-electron chi connectivity index (χ2n) is 6.26. The lowest BCUT2D eigenvalue weighted by Gasteiger charge is -2.27. The van der Waals surface area contributed by atoms with E-state index < -0.39 is 17.5 Å². The van der Waals surface area contributed by atoms with Crippen molar-refractivity contribution < 1.29 is 19.4 Å². The predicted octanol–water partition coefficient (Wildman–Crippen LogP) is 3.32. The van der Waals surface area contributed by atoms with E-state index in [0.29, 0.717) is 11.0 Å². The SMILES string of the molecule is O=C(O)C(Cc1c(O)c2ccccc2oc1=O)C1CCCCC1. The van der Waals surface area contributed by atoms with Gasteiger partial charge in [0, 0.05) is 0 Å². The molecule has 1 aromatic heterocycles. The van der Waals surface area contributed by atoms with E-state index in [1.807, 2.05) is 0 Å². The number of hydrogen-bond acceptors (Lipinski definition) is 4. The smallest absolute Gasteiger partial charge is 0.343 e. The third kappa shape index (κ3) is 3.09. The summed E-state index contributed by atoms with van der Waals surface area (Å²) in [6.45, 7) is 0. The van der Waals surface area contributed by atoms with Crippen LogP contribution in [0, 0.1) is 11.8 Å². The van der Waals surface area contributed by atoms with Crippen LogP contribution in [-0.4, -0.2) is 16.2 Å². The zero-order chi connectivity index (χ0) is 16.4. The van der Waals surface area contributed by atoms with Crippen molar-refractivity contribution >= 4 is 16.9 Å². The molecule has 23 heavy (non-hydrogen) atoms. The fourth-order valence-electron chi connectivity index (χ4n) is 3.56. The fraction of sp³-hybridized carbons (Fsp3) is 0.444. The number of carboxylic acid groups (broad SMARTS) is 1. The van der Waals surface area contributed by atoms with E-state index in [2.05, 4.69) is 0 Å². The van der Waals surface area contributed by atoms with Gasteiger partial charge >= 0.3 is 11.6 Å². The lowest BCUT2D eigenvalue weighted by Crippen LogP contribution is -2.29. The van der Waals surface area contributed by atoms with Gasteiger partial charge in [0.25, 0.3) is 0 Å². The van der Waals surface area contributed by atoms with Crippen LogP contribution in [0.5, 0.6) is 5.75 Å². The molecule has 1 atom stereocenters. The van der Waals surface area contributed by atoms with Gasteiger partial charge in [-0.1, -0.05) is 31.4 Å². The van der Waals surface area contributed by atoms with Gasteiger partial charge in [-0.15, -0.1) is 0 Å². The normalized spacial score (nSPS) is 17.2. The van der Waals surface area contributed by atoms with Crippen molar-refractivity contribution in [1.29, 1.82) is 0 Å². The van der Waals surface area contributed by atoms with E-state index in [1.165, 1.54) is 0 Å². The lowest BCUT2D eigenvalue weighted by atomic mass is 9.77. The summed E-state index contributed by atoms with van der Waals surface area (Å²) in [5.74, 6) is -1.68. The van der Waals surface area contributed by atoms with Crippen LogP contribution in [0.2, 0.25) is 0 Å². The van der Waals surface area contributed by atoms with Crippen LogP contribution in [0.25, 0.3) is 11.0 Å². The largest absolute Gasteiger partial charge is 0.507 e. The van der Waals surface area contributed by atoms with Crippen molar-refractivity contribution in [2.75, 3.05) is 0 Å². The molecular weight excluding hydrogens is 296 g/mol. The summed E-state index contributed by atoms with van der Waals surface area (Å²) in [4.78, 5) is 23.9. The molecule has 0 amide bonds. The molecule has 5 heteroatoms. The van der Waals surface area contributed by atoms with Crippen LogP contribution in [0.1, 0.15) is 37.7 Å². The number of aliphatic carboxylic acids is 1. The van der Waals surface area contributed by atoms with Gasteiger partial charge in [-0.05, 0) is 37.3 Å². The molecule has 2 N–H and O–H groups in total. The number of carboxylic acids is 1. The first-order valence-electron chi connectivity index (χ1n) is 8.04. The second kappa shape index (κ2) is 6.44. The maximum atomic E-state index is 12.2. The summed E-state index contributed by atoms with van der Waals surface area (Å²) in [5, 5.41) is 20.4. The molecule has 0 aliphatic heterocycles. The Hall–Kier alpha value is -2.30. The Kier molecular flexibility index (Phi) is 4.37. The molecule has 0 radical (unpaired) electrons. The highest BCUT2D eigenvalue weighted by Crippen LogP contribution is 2.34. The van der Waals surface area contributed by atoms with E-state index in [1.54, 1.807) is 24.3 Å². The molecular formula is C18H20O5. The Morgan fingerprint density at radius 3 is 2.61 bits per heavy atom. The maximum absolute atomic E-state index is 12.2. The Balaban J connectivity index is 1.98. The number of fused-ring (bicyclic) bond motifs is 1. The van der Waals surface area contributed by atoms with Crippen LogP contribution >= 0.6 is 0 Å². The standard InChI is InChI=1S/C18H20O5/c19-16-12-8-4-5-9-15(12)23-18(22)14(16)10-13(17(20)21)11-6-2-1-3-7-11/h4-5,8-9,11,13,19H,1-3,6-7,10H2,(H,20,21). The van der Waals surface area contributed by atoms with E-state index in [9.17, 15) is 19.8 Å². The summed E-state index contributed by atoms with van der Waals surface area (Å²) in [6, 6.07) is 6.72. The van der Waals surface area contributed by atoms with Crippen molar-refractivity contribution in [2.45, 2.75) is 38.5 Å². The third-order valence-electron chi connectivity index (χ3n) is 4.84. The average molecular weight is 316 g/mol. The predicted molar refractivity (Wildman–Crippen MR) is 85.6 cm³/mol. The van der Waals surface area contributed by atoms with Gasteiger partial charge < -0.3 is 14.6 Å². The Morgan fingerprint density at radius 2 is 1.91 bits per heavy atom. The third-order valence-corrected chi connectivity index (χ3v) is 4.84.